The number of hydrogen-bond donors (Lipinski definition) is 4. The SMILES string of the molecule is CC=C(NCc1ccc(Cl)c(Cl)c1)NC(=O)C(=NC1CNC(C=O)C1)/C(C)=C\N. The smallest absolute Gasteiger partial charge is 0.275 e. The van der Waals surface area contributed by atoms with Gasteiger partial charge in [-0.1, -0.05) is 29.3 Å². The number of nitrogens with one attached hydrogen (secondary N) is 3. The van der Waals surface area contributed by atoms with E-state index >= 15 is 0 Å². The standard InChI is InChI=1S/C20H25Cl2N5O2/c1-3-18(25-9-13-4-5-16(21)17(22)6-13)27-20(29)19(12(2)8-23)26-14-7-15(11-28)24-10-14/h3-6,8,11,14-15,24-25H,7,9-10,23H2,1-2H3,(H,27,29)/b12-8-,18-3?,26-19?. The Morgan fingerprint density at radius 3 is 2.72 bits per heavy atom. The second-order valence-corrected chi connectivity index (χ2v) is 7.44. The topological polar surface area (TPSA) is 109 Å². The lowest BCUT2D eigenvalue weighted by molar-refractivity contribution is -0.114. The van der Waals surface area contributed by atoms with Crippen molar-refractivity contribution in [2.45, 2.75) is 38.9 Å². The first-order chi connectivity index (χ1) is 13.9. The second-order valence-electron chi connectivity index (χ2n) is 6.63. The first-order valence-electron chi connectivity index (χ1n) is 9.18. The molecule has 1 aromatic carbocycles. The molecule has 156 valence electrons. The molecule has 1 saturated heterocycles. The third kappa shape index (κ3) is 6.59. The van der Waals surface area contributed by atoms with Gasteiger partial charge in [-0.25, -0.2) is 0 Å². The fourth-order valence-corrected chi connectivity index (χ4v) is 3.12. The molecule has 0 spiro atoms. The van der Waals surface area contributed by atoms with Crippen molar-refractivity contribution < 1.29 is 9.59 Å². The molecule has 7 nitrogen and oxygen atoms in total. The largest absolute Gasteiger partial charge is 0.404 e. The Labute approximate surface area is 180 Å². The molecule has 29 heavy (non-hydrogen) atoms. The minimum Gasteiger partial charge on any atom is -0.404 e. The van der Waals surface area contributed by atoms with Gasteiger partial charge in [-0.05, 0) is 55.8 Å². The molecular formula is C20H25Cl2N5O2. The molecule has 1 aromatic rings. The Kier molecular flexibility index (Phi) is 8.70. The van der Waals surface area contributed by atoms with E-state index in [1.807, 2.05) is 6.07 Å². The molecule has 2 unspecified atom stereocenters. The van der Waals surface area contributed by atoms with Crippen LogP contribution in [0.4, 0.5) is 0 Å². The molecular weight excluding hydrogens is 413 g/mol. The van der Waals surface area contributed by atoms with Crippen LogP contribution in [0.25, 0.3) is 0 Å². The summed E-state index contributed by atoms with van der Waals surface area (Å²) in [6.07, 6.45) is 4.49. The van der Waals surface area contributed by atoms with Crippen LogP contribution in [-0.4, -0.2) is 36.5 Å². The Morgan fingerprint density at radius 2 is 2.14 bits per heavy atom. The molecule has 1 fully saturated rings. The number of benzene rings is 1. The fourth-order valence-electron chi connectivity index (χ4n) is 2.80. The zero-order valence-corrected chi connectivity index (χ0v) is 17.8. The van der Waals surface area contributed by atoms with Gasteiger partial charge in [-0.2, -0.15) is 0 Å². The average Bonchev–Trinajstić information content (AvgIpc) is 3.18. The Hall–Kier alpha value is -2.35. The highest BCUT2D eigenvalue weighted by Gasteiger charge is 2.25. The summed E-state index contributed by atoms with van der Waals surface area (Å²) in [5.74, 6) is 0.141. The first-order valence-corrected chi connectivity index (χ1v) is 9.94. The van der Waals surface area contributed by atoms with E-state index in [1.165, 1.54) is 6.20 Å². The number of halogens is 2. The summed E-state index contributed by atoms with van der Waals surface area (Å²) < 4.78 is 0. The van der Waals surface area contributed by atoms with Crippen LogP contribution in [0.2, 0.25) is 10.0 Å². The van der Waals surface area contributed by atoms with E-state index < -0.39 is 0 Å². The number of nitrogens with zero attached hydrogens (tertiary/aromatic N) is 1. The number of nitrogens with two attached hydrogens (primary N) is 1. The number of aliphatic imine (C=N–C) groups is 1. The summed E-state index contributed by atoms with van der Waals surface area (Å²) in [5, 5.41) is 9.97. The third-order valence-corrected chi connectivity index (χ3v) is 5.20. The van der Waals surface area contributed by atoms with Crippen LogP contribution in [0.3, 0.4) is 0 Å². The van der Waals surface area contributed by atoms with Crippen molar-refractivity contribution in [1.29, 1.82) is 0 Å². The molecule has 0 saturated carbocycles. The Morgan fingerprint density at radius 1 is 1.38 bits per heavy atom. The Bertz CT molecular complexity index is 851. The molecule has 9 heteroatoms. The summed E-state index contributed by atoms with van der Waals surface area (Å²) in [6.45, 7) is 4.50. The number of rotatable bonds is 8. The number of amides is 1. The first kappa shape index (κ1) is 22.9. The predicted molar refractivity (Wildman–Crippen MR) is 117 cm³/mol. The van der Waals surface area contributed by atoms with Crippen LogP contribution >= 0.6 is 23.2 Å². The lowest BCUT2D eigenvalue weighted by atomic mass is 10.1. The molecule has 2 atom stereocenters. The van der Waals surface area contributed by atoms with Crippen molar-refractivity contribution in [1.82, 2.24) is 16.0 Å². The maximum atomic E-state index is 12.8. The molecule has 1 amide bonds. The number of carbonyl (C=O) groups is 2. The maximum Gasteiger partial charge on any atom is 0.275 e. The summed E-state index contributed by atoms with van der Waals surface area (Å²) in [6, 6.07) is 4.92. The molecule has 0 aromatic heterocycles. The quantitative estimate of drug-likeness (QED) is 0.368. The lowest BCUT2D eigenvalue weighted by Gasteiger charge is -2.15. The van der Waals surface area contributed by atoms with E-state index in [0.29, 0.717) is 40.9 Å². The van der Waals surface area contributed by atoms with E-state index in [0.717, 1.165) is 11.8 Å². The van der Waals surface area contributed by atoms with Gasteiger partial charge < -0.3 is 26.5 Å². The van der Waals surface area contributed by atoms with Crippen molar-refractivity contribution in [3.63, 3.8) is 0 Å². The molecule has 0 bridgehead atoms. The van der Waals surface area contributed by atoms with Crippen LogP contribution < -0.4 is 21.7 Å². The molecule has 2 rings (SSSR count). The highest BCUT2D eigenvalue weighted by molar-refractivity contribution is 6.45. The summed E-state index contributed by atoms with van der Waals surface area (Å²) >= 11 is 12.0. The third-order valence-electron chi connectivity index (χ3n) is 4.46. The molecule has 1 aliphatic rings. The van der Waals surface area contributed by atoms with Crippen LogP contribution in [0.5, 0.6) is 0 Å². The van der Waals surface area contributed by atoms with E-state index in [1.54, 1.807) is 32.1 Å². The fraction of sp³-hybridized carbons (Fsp3) is 0.350. The average molecular weight is 438 g/mol. The zero-order valence-electron chi connectivity index (χ0n) is 16.3. The molecule has 1 heterocycles. The van der Waals surface area contributed by atoms with Crippen LogP contribution in [0.15, 0.2) is 46.9 Å². The lowest BCUT2D eigenvalue weighted by Crippen LogP contribution is -2.37. The van der Waals surface area contributed by atoms with Gasteiger partial charge in [-0.3, -0.25) is 9.79 Å². The van der Waals surface area contributed by atoms with Crippen molar-refractivity contribution >= 4 is 41.1 Å². The number of aldehydes is 1. The number of carbonyl (C=O) groups excluding carboxylic acids is 2. The minimum atomic E-state index is -0.381. The molecule has 1 aliphatic heterocycles. The molecule has 5 N–H and O–H groups in total. The van der Waals surface area contributed by atoms with Crippen LogP contribution in [0.1, 0.15) is 25.8 Å². The molecule has 0 aliphatic carbocycles. The Balaban J connectivity index is 2.06. The van der Waals surface area contributed by atoms with Gasteiger partial charge >= 0.3 is 0 Å². The van der Waals surface area contributed by atoms with Crippen LogP contribution in [-0.2, 0) is 16.1 Å². The minimum absolute atomic E-state index is 0.168. The predicted octanol–water partition coefficient (Wildman–Crippen LogP) is 2.29. The van der Waals surface area contributed by atoms with E-state index in [4.69, 9.17) is 28.9 Å². The van der Waals surface area contributed by atoms with Crippen molar-refractivity contribution in [3.8, 4) is 0 Å². The second kappa shape index (κ2) is 11.0. The van der Waals surface area contributed by atoms with Gasteiger partial charge in [0.2, 0.25) is 0 Å². The van der Waals surface area contributed by atoms with Gasteiger partial charge in [0.25, 0.3) is 5.91 Å². The van der Waals surface area contributed by atoms with Crippen molar-refractivity contribution in [2.75, 3.05) is 6.54 Å². The van der Waals surface area contributed by atoms with Gasteiger partial charge in [0, 0.05) is 13.1 Å². The normalized spacial score (nSPS) is 20.5. The highest BCUT2D eigenvalue weighted by atomic mass is 35.5. The highest BCUT2D eigenvalue weighted by Crippen LogP contribution is 2.22. The summed E-state index contributed by atoms with van der Waals surface area (Å²) in [4.78, 5) is 28.3. The van der Waals surface area contributed by atoms with E-state index in [9.17, 15) is 9.59 Å². The van der Waals surface area contributed by atoms with E-state index in [2.05, 4.69) is 20.9 Å². The van der Waals surface area contributed by atoms with Crippen LogP contribution in [0, 0.1) is 0 Å². The van der Waals surface area contributed by atoms with Gasteiger partial charge in [-0.15, -0.1) is 0 Å². The summed E-state index contributed by atoms with van der Waals surface area (Å²) in [5.41, 5.74) is 7.32. The number of allylic oxidation sites excluding steroid dienone is 1. The van der Waals surface area contributed by atoms with Crippen molar-refractivity contribution in [2.24, 2.45) is 10.7 Å². The van der Waals surface area contributed by atoms with Gasteiger partial charge in [0.1, 0.15) is 17.8 Å². The zero-order chi connectivity index (χ0) is 21.4. The van der Waals surface area contributed by atoms with Crippen molar-refractivity contribution in [3.05, 3.63) is 57.5 Å². The maximum absolute atomic E-state index is 12.8. The van der Waals surface area contributed by atoms with E-state index in [-0.39, 0.29) is 23.7 Å². The molecule has 0 radical (unpaired) electrons. The monoisotopic (exact) mass is 437 g/mol. The summed E-state index contributed by atoms with van der Waals surface area (Å²) in [7, 11) is 0. The van der Waals surface area contributed by atoms with Gasteiger partial charge in [0.15, 0.2) is 0 Å². The number of hydrogen-bond acceptors (Lipinski definition) is 6. The van der Waals surface area contributed by atoms with Gasteiger partial charge in [0.05, 0.1) is 22.1 Å².